The predicted molar refractivity (Wildman–Crippen MR) is 85.8 cm³/mol. The molecule has 2 N–H and O–H groups in total. The molecule has 0 unspecified atom stereocenters. The molecule has 3 aromatic rings. The fraction of sp³-hybridized carbons (Fsp3) is 0.0625. The van der Waals surface area contributed by atoms with Crippen LogP contribution in [0.3, 0.4) is 0 Å². The Balaban J connectivity index is 2.10. The standard InChI is InChI=1S/C16H14BrN3/c1-11-5-2-3-8-14(11)15-10-16(18)20(19-15)13-7-4-6-12(17)9-13/h2-10H,18H2,1H3. The molecule has 0 fully saturated rings. The molecule has 2 aromatic carbocycles. The number of nitrogens with zero attached hydrogens (tertiary/aromatic N) is 2. The number of hydrogen-bond acceptors (Lipinski definition) is 2. The molecule has 1 heterocycles. The van der Waals surface area contributed by atoms with E-state index in [9.17, 15) is 0 Å². The van der Waals surface area contributed by atoms with Crippen molar-refractivity contribution in [1.82, 2.24) is 9.78 Å². The number of aromatic nitrogens is 2. The molecule has 0 aliphatic heterocycles. The number of benzene rings is 2. The van der Waals surface area contributed by atoms with Crippen LogP contribution in [-0.2, 0) is 0 Å². The van der Waals surface area contributed by atoms with Gasteiger partial charge in [-0.15, -0.1) is 0 Å². The Morgan fingerprint density at radius 3 is 2.60 bits per heavy atom. The van der Waals surface area contributed by atoms with Gasteiger partial charge in [0.05, 0.1) is 11.4 Å². The normalized spacial score (nSPS) is 10.7. The zero-order valence-electron chi connectivity index (χ0n) is 11.0. The van der Waals surface area contributed by atoms with Gasteiger partial charge in [-0.1, -0.05) is 46.3 Å². The topological polar surface area (TPSA) is 43.8 Å². The van der Waals surface area contributed by atoms with Gasteiger partial charge in [0.15, 0.2) is 0 Å². The number of nitrogen functional groups attached to an aromatic ring is 1. The molecule has 0 atom stereocenters. The van der Waals surface area contributed by atoms with Crippen molar-refractivity contribution >= 4 is 21.7 Å². The summed E-state index contributed by atoms with van der Waals surface area (Å²) in [5.74, 6) is 0.626. The summed E-state index contributed by atoms with van der Waals surface area (Å²) in [6.07, 6.45) is 0. The van der Waals surface area contributed by atoms with Crippen molar-refractivity contribution in [2.75, 3.05) is 5.73 Å². The van der Waals surface area contributed by atoms with E-state index in [0.29, 0.717) is 5.82 Å². The molecular weight excluding hydrogens is 314 g/mol. The molecular formula is C16H14BrN3. The Hall–Kier alpha value is -2.07. The zero-order chi connectivity index (χ0) is 14.1. The minimum atomic E-state index is 0.626. The van der Waals surface area contributed by atoms with Gasteiger partial charge in [0.25, 0.3) is 0 Å². The number of rotatable bonds is 2. The molecule has 20 heavy (non-hydrogen) atoms. The van der Waals surface area contributed by atoms with Crippen LogP contribution in [0.5, 0.6) is 0 Å². The highest BCUT2D eigenvalue weighted by Crippen LogP contribution is 2.26. The van der Waals surface area contributed by atoms with Crippen molar-refractivity contribution in [3.05, 3.63) is 64.6 Å². The van der Waals surface area contributed by atoms with Crippen molar-refractivity contribution in [2.24, 2.45) is 0 Å². The highest BCUT2D eigenvalue weighted by molar-refractivity contribution is 9.10. The first-order chi connectivity index (χ1) is 9.65. The van der Waals surface area contributed by atoms with E-state index in [0.717, 1.165) is 21.4 Å². The van der Waals surface area contributed by atoms with E-state index in [1.54, 1.807) is 4.68 Å². The summed E-state index contributed by atoms with van der Waals surface area (Å²) in [5.41, 5.74) is 10.2. The average molecular weight is 328 g/mol. The maximum Gasteiger partial charge on any atom is 0.127 e. The molecule has 1 aromatic heterocycles. The van der Waals surface area contributed by atoms with Gasteiger partial charge in [-0.05, 0) is 30.7 Å². The maximum atomic E-state index is 6.10. The molecule has 0 spiro atoms. The lowest BCUT2D eigenvalue weighted by Crippen LogP contribution is -2.01. The molecule has 0 amide bonds. The van der Waals surface area contributed by atoms with Gasteiger partial charge in [-0.3, -0.25) is 0 Å². The van der Waals surface area contributed by atoms with Crippen LogP contribution in [0, 0.1) is 6.92 Å². The smallest absolute Gasteiger partial charge is 0.127 e. The SMILES string of the molecule is Cc1ccccc1-c1cc(N)n(-c2cccc(Br)c2)n1. The fourth-order valence-corrected chi connectivity index (χ4v) is 2.59. The van der Waals surface area contributed by atoms with E-state index >= 15 is 0 Å². The largest absolute Gasteiger partial charge is 0.384 e. The molecule has 0 radical (unpaired) electrons. The van der Waals surface area contributed by atoms with E-state index < -0.39 is 0 Å². The van der Waals surface area contributed by atoms with Gasteiger partial charge in [-0.25, -0.2) is 4.68 Å². The summed E-state index contributed by atoms with van der Waals surface area (Å²) in [5, 5.41) is 4.62. The van der Waals surface area contributed by atoms with E-state index in [-0.39, 0.29) is 0 Å². The van der Waals surface area contributed by atoms with Crippen molar-refractivity contribution in [2.45, 2.75) is 6.92 Å². The van der Waals surface area contributed by atoms with Crippen LogP contribution < -0.4 is 5.73 Å². The van der Waals surface area contributed by atoms with Gasteiger partial charge in [0.2, 0.25) is 0 Å². The quantitative estimate of drug-likeness (QED) is 0.766. The van der Waals surface area contributed by atoms with Crippen molar-refractivity contribution in [3.8, 4) is 16.9 Å². The van der Waals surface area contributed by atoms with Gasteiger partial charge in [-0.2, -0.15) is 5.10 Å². The summed E-state index contributed by atoms with van der Waals surface area (Å²) < 4.78 is 2.76. The van der Waals surface area contributed by atoms with Crippen molar-refractivity contribution in [1.29, 1.82) is 0 Å². The third-order valence-corrected chi connectivity index (χ3v) is 3.70. The molecule has 0 saturated heterocycles. The van der Waals surface area contributed by atoms with Gasteiger partial charge >= 0.3 is 0 Å². The fourth-order valence-electron chi connectivity index (χ4n) is 2.20. The second-order valence-electron chi connectivity index (χ2n) is 4.66. The van der Waals surface area contributed by atoms with Crippen molar-refractivity contribution < 1.29 is 0 Å². The van der Waals surface area contributed by atoms with Crippen LogP contribution in [0.4, 0.5) is 5.82 Å². The number of anilines is 1. The van der Waals surface area contributed by atoms with Crippen LogP contribution in [0.15, 0.2) is 59.1 Å². The highest BCUT2D eigenvalue weighted by atomic mass is 79.9. The monoisotopic (exact) mass is 327 g/mol. The summed E-state index contributed by atoms with van der Waals surface area (Å²) in [6, 6.07) is 18.0. The Morgan fingerprint density at radius 1 is 1.05 bits per heavy atom. The lowest BCUT2D eigenvalue weighted by molar-refractivity contribution is 0.894. The Bertz CT molecular complexity index is 762. The summed E-state index contributed by atoms with van der Waals surface area (Å²) in [6.45, 7) is 2.07. The minimum absolute atomic E-state index is 0.626. The molecule has 100 valence electrons. The Morgan fingerprint density at radius 2 is 1.85 bits per heavy atom. The Kier molecular flexibility index (Phi) is 3.32. The van der Waals surface area contributed by atoms with Gasteiger partial charge < -0.3 is 5.73 Å². The van der Waals surface area contributed by atoms with Gasteiger partial charge in [0.1, 0.15) is 5.82 Å². The van der Waals surface area contributed by atoms with E-state index in [1.807, 2.05) is 42.5 Å². The number of nitrogens with two attached hydrogens (primary N) is 1. The molecule has 0 aliphatic carbocycles. The number of halogens is 1. The first-order valence-electron chi connectivity index (χ1n) is 6.32. The third-order valence-electron chi connectivity index (χ3n) is 3.21. The molecule has 4 heteroatoms. The van der Waals surface area contributed by atoms with E-state index in [1.165, 1.54) is 5.56 Å². The molecule has 0 bridgehead atoms. The molecule has 0 aliphatic rings. The molecule has 0 saturated carbocycles. The van der Waals surface area contributed by atoms with Crippen LogP contribution in [0.1, 0.15) is 5.56 Å². The lowest BCUT2D eigenvalue weighted by atomic mass is 10.1. The third kappa shape index (κ3) is 2.34. The van der Waals surface area contributed by atoms with Crippen LogP contribution >= 0.6 is 15.9 Å². The number of aryl methyl sites for hydroxylation is 1. The lowest BCUT2D eigenvalue weighted by Gasteiger charge is -2.04. The summed E-state index contributed by atoms with van der Waals surface area (Å²) in [4.78, 5) is 0. The van der Waals surface area contributed by atoms with Crippen LogP contribution in [-0.4, -0.2) is 9.78 Å². The Labute approximate surface area is 126 Å². The zero-order valence-corrected chi connectivity index (χ0v) is 12.6. The summed E-state index contributed by atoms with van der Waals surface area (Å²) >= 11 is 3.47. The van der Waals surface area contributed by atoms with Crippen molar-refractivity contribution in [3.63, 3.8) is 0 Å². The van der Waals surface area contributed by atoms with Gasteiger partial charge in [0, 0.05) is 16.1 Å². The minimum Gasteiger partial charge on any atom is -0.384 e. The van der Waals surface area contributed by atoms with Crippen LogP contribution in [0.2, 0.25) is 0 Å². The summed E-state index contributed by atoms with van der Waals surface area (Å²) in [7, 11) is 0. The molecule has 3 nitrogen and oxygen atoms in total. The number of hydrogen-bond donors (Lipinski definition) is 1. The predicted octanol–water partition coefficient (Wildman–Crippen LogP) is 4.19. The second-order valence-corrected chi connectivity index (χ2v) is 5.58. The maximum absolute atomic E-state index is 6.10. The second kappa shape index (κ2) is 5.13. The van der Waals surface area contributed by atoms with Crippen LogP contribution in [0.25, 0.3) is 16.9 Å². The van der Waals surface area contributed by atoms with E-state index in [2.05, 4.69) is 40.1 Å². The molecule has 3 rings (SSSR count). The first-order valence-corrected chi connectivity index (χ1v) is 7.12. The van der Waals surface area contributed by atoms with E-state index in [4.69, 9.17) is 5.73 Å². The first kappa shape index (κ1) is 12.9. The average Bonchev–Trinajstić information content (AvgIpc) is 2.81. The highest BCUT2D eigenvalue weighted by Gasteiger charge is 2.10.